The highest BCUT2D eigenvalue weighted by molar-refractivity contribution is 9.10. The summed E-state index contributed by atoms with van der Waals surface area (Å²) in [7, 11) is 0. The minimum absolute atomic E-state index is 0.200. The van der Waals surface area contributed by atoms with E-state index >= 15 is 0 Å². The number of anilines is 2. The number of carbonyl (C=O) groups excluding carboxylic acids is 2. The molecule has 186 valence electrons. The molecule has 0 aliphatic rings. The van der Waals surface area contributed by atoms with Crippen LogP contribution >= 0.6 is 31.9 Å². The highest BCUT2D eigenvalue weighted by Crippen LogP contribution is 2.27. The second-order valence-electron chi connectivity index (χ2n) is 7.46. The number of hydrogen-bond donors (Lipinski definition) is 8. The Hall–Kier alpha value is -4.04. The summed E-state index contributed by atoms with van der Waals surface area (Å²) in [6.45, 7) is 0.556. The number of hydrogen-bond acceptors (Lipinski definition) is 6. The van der Waals surface area contributed by atoms with E-state index in [9.17, 15) is 9.59 Å². The molecular formula is C22H22Br2N10O2. The van der Waals surface area contributed by atoms with Gasteiger partial charge in [-0.3, -0.25) is 9.59 Å². The molecule has 0 aliphatic carbocycles. The largest absolute Gasteiger partial charge is 0.369 e. The van der Waals surface area contributed by atoms with Crippen LogP contribution in [0.1, 0.15) is 32.4 Å². The number of imidazole rings is 2. The van der Waals surface area contributed by atoms with E-state index in [2.05, 4.69) is 72.4 Å². The van der Waals surface area contributed by atoms with E-state index in [4.69, 9.17) is 11.5 Å². The first-order chi connectivity index (χ1) is 17.3. The van der Waals surface area contributed by atoms with Gasteiger partial charge in [-0.15, -0.1) is 0 Å². The summed E-state index contributed by atoms with van der Waals surface area (Å²) in [5.74, 6) is -0.0760. The fraction of sp³-hybridized carbons (Fsp3) is 0.0909. The van der Waals surface area contributed by atoms with Gasteiger partial charge in [0.05, 0.1) is 11.4 Å². The van der Waals surface area contributed by atoms with Crippen molar-refractivity contribution < 1.29 is 9.59 Å². The van der Waals surface area contributed by atoms with Crippen molar-refractivity contribution in [3.05, 3.63) is 68.4 Å². The van der Waals surface area contributed by atoms with Crippen LogP contribution in [-0.2, 0) is 0 Å². The van der Waals surface area contributed by atoms with Crippen molar-refractivity contribution in [2.45, 2.75) is 0 Å². The van der Waals surface area contributed by atoms with Crippen LogP contribution in [0.15, 0.2) is 45.6 Å². The molecule has 0 aliphatic heterocycles. The summed E-state index contributed by atoms with van der Waals surface area (Å²) in [6, 6.07) is 3.38. The summed E-state index contributed by atoms with van der Waals surface area (Å²) in [6.07, 6.45) is 10.4. The predicted octanol–water partition coefficient (Wildman–Crippen LogP) is 3.03. The van der Waals surface area contributed by atoms with Gasteiger partial charge in [-0.1, -0.05) is 12.2 Å². The number of rotatable bonds is 9. The predicted molar refractivity (Wildman–Crippen MR) is 145 cm³/mol. The molecule has 4 heterocycles. The molecule has 0 aromatic carbocycles. The summed E-state index contributed by atoms with van der Waals surface area (Å²) >= 11 is 6.60. The van der Waals surface area contributed by atoms with E-state index in [0.717, 1.165) is 8.95 Å². The zero-order chi connectivity index (χ0) is 25.7. The lowest BCUT2D eigenvalue weighted by Crippen LogP contribution is -2.23. The Morgan fingerprint density at radius 1 is 0.806 bits per heavy atom. The molecule has 0 radical (unpaired) electrons. The van der Waals surface area contributed by atoms with E-state index in [1.165, 1.54) is 0 Å². The highest BCUT2D eigenvalue weighted by Gasteiger charge is 2.16. The number of H-pyrrole nitrogens is 4. The Kier molecular flexibility index (Phi) is 7.75. The number of aromatic amines is 4. The van der Waals surface area contributed by atoms with Crippen LogP contribution in [-0.4, -0.2) is 54.8 Å². The number of amides is 2. The van der Waals surface area contributed by atoms with Crippen molar-refractivity contribution in [2.24, 2.45) is 0 Å². The summed E-state index contributed by atoms with van der Waals surface area (Å²) < 4.78 is 1.58. The zero-order valence-electron chi connectivity index (χ0n) is 18.7. The number of nitrogens with two attached hydrogens (primary N) is 2. The van der Waals surface area contributed by atoms with Gasteiger partial charge in [-0.25, -0.2) is 9.97 Å². The Bertz CT molecular complexity index is 1330. The minimum atomic E-state index is -0.238. The van der Waals surface area contributed by atoms with Crippen LogP contribution in [0.3, 0.4) is 0 Å². The number of nitrogens with zero attached hydrogens (tertiary/aromatic N) is 2. The molecular weight excluding hydrogens is 596 g/mol. The maximum absolute atomic E-state index is 12.2. The molecule has 4 aromatic rings. The van der Waals surface area contributed by atoms with Gasteiger partial charge in [0.2, 0.25) is 0 Å². The lowest BCUT2D eigenvalue weighted by Gasteiger charge is -2.00. The number of aromatic nitrogens is 6. The fourth-order valence-corrected chi connectivity index (χ4v) is 3.95. The van der Waals surface area contributed by atoms with E-state index in [1.54, 1.807) is 48.8 Å². The van der Waals surface area contributed by atoms with Gasteiger partial charge in [0.15, 0.2) is 11.9 Å². The molecule has 0 unspecified atom stereocenters. The van der Waals surface area contributed by atoms with Crippen molar-refractivity contribution in [3.8, 4) is 11.4 Å². The zero-order valence-corrected chi connectivity index (χ0v) is 21.8. The van der Waals surface area contributed by atoms with Gasteiger partial charge < -0.3 is 42.0 Å². The first kappa shape index (κ1) is 25.1. The third kappa shape index (κ3) is 6.14. The van der Waals surface area contributed by atoms with Crippen LogP contribution < -0.4 is 22.1 Å². The molecule has 0 saturated carbocycles. The molecule has 12 nitrogen and oxygen atoms in total. The maximum atomic E-state index is 12.2. The second-order valence-corrected chi connectivity index (χ2v) is 9.29. The topological polar surface area (TPSA) is 199 Å². The fourth-order valence-electron chi connectivity index (χ4n) is 3.26. The second kappa shape index (κ2) is 11.1. The van der Waals surface area contributed by atoms with Crippen molar-refractivity contribution in [2.75, 3.05) is 24.6 Å². The van der Waals surface area contributed by atoms with Crippen LogP contribution in [0.5, 0.6) is 0 Å². The van der Waals surface area contributed by atoms with E-state index in [1.807, 2.05) is 0 Å². The van der Waals surface area contributed by atoms with Gasteiger partial charge in [-0.2, -0.15) is 0 Å². The number of halogens is 2. The Labute approximate surface area is 221 Å². The van der Waals surface area contributed by atoms with Gasteiger partial charge in [0.1, 0.15) is 22.8 Å². The number of nitrogens with one attached hydrogen (secondary N) is 6. The Balaban J connectivity index is 1.42. The molecule has 0 saturated heterocycles. The monoisotopic (exact) mass is 616 g/mol. The number of nitrogen functional groups attached to an aromatic ring is 2. The summed E-state index contributed by atoms with van der Waals surface area (Å²) in [5.41, 5.74) is 14.8. The summed E-state index contributed by atoms with van der Waals surface area (Å²) in [5, 5.41) is 5.57. The normalized spacial score (nSPS) is 11.5. The van der Waals surface area contributed by atoms with Gasteiger partial charge in [0.25, 0.3) is 11.8 Å². The molecule has 36 heavy (non-hydrogen) atoms. The molecule has 0 atom stereocenters. The molecule has 14 heteroatoms. The smallest absolute Gasteiger partial charge is 0.267 e. The standard InChI is InChI=1S/C22H22Br2N10O2/c23-11-7-15(29-9-11)19(35)27-5-1-3-13-17(33-21(25)31-13)18-14(32-22(26)34-18)4-2-6-28-20(36)16-8-12(24)10-30-16/h1-4,7-10,29-30H,5-6H2,(H,27,35)(H,28,36)(H3,25,31,33)(H3,26,32,34). The van der Waals surface area contributed by atoms with Crippen LogP contribution in [0.2, 0.25) is 0 Å². The number of carbonyl (C=O) groups is 2. The molecule has 0 bridgehead atoms. The third-order valence-corrected chi connectivity index (χ3v) is 5.76. The quantitative estimate of drug-likeness (QED) is 0.142. The van der Waals surface area contributed by atoms with Crippen LogP contribution in [0, 0.1) is 0 Å². The van der Waals surface area contributed by atoms with E-state index in [-0.39, 0.29) is 36.8 Å². The van der Waals surface area contributed by atoms with Crippen molar-refractivity contribution in [1.29, 1.82) is 0 Å². The average molecular weight is 618 g/mol. The molecule has 10 N–H and O–H groups in total. The van der Waals surface area contributed by atoms with Gasteiger partial charge in [0, 0.05) is 34.4 Å². The first-order valence-corrected chi connectivity index (χ1v) is 12.2. The van der Waals surface area contributed by atoms with Crippen molar-refractivity contribution in [1.82, 2.24) is 40.5 Å². The molecule has 4 aromatic heterocycles. The molecule has 0 fully saturated rings. The van der Waals surface area contributed by atoms with Gasteiger partial charge in [-0.05, 0) is 56.1 Å². The van der Waals surface area contributed by atoms with Crippen LogP contribution in [0.4, 0.5) is 11.9 Å². The lowest BCUT2D eigenvalue weighted by molar-refractivity contribution is 0.0945. The lowest BCUT2D eigenvalue weighted by atomic mass is 10.2. The van der Waals surface area contributed by atoms with Gasteiger partial charge >= 0.3 is 0 Å². The summed E-state index contributed by atoms with van der Waals surface area (Å²) in [4.78, 5) is 44.7. The minimum Gasteiger partial charge on any atom is -0.369 e. The SMILES string of the molecule is Nc1nc(-c2nc(N)[nH]c2C=CCNC(=O)c2cc(Br)c[nH]2)c(C=CCNC(=O)c2cc(Br)c[nH]2)[nH]1. The average Bonchev–Trinajstić information content (AvgIpc) is 3.62. The Morgan fingerprint density at radius 2 is 1.22 bits per heavy atom. The maximum Gasteiger partial charge on any atom is 0.267 e. The molecule has 2 amide bonds. The van der Waals surface area contributed by atoms with Crippen molar-refractivity contribution in [3.63, 3.8) is 0 Å². The molecule has 4 rings (SSSR count). The first-order valence-electron chi connectivity index (χ1n) is 10.6. The third-order valence-electron chi connectivity index (χ3n) is 4.84. The molecule has 0 spiro atoms. The Morgan fingerprint density at radius 3 is 1.58 bits per heavy atom. The van der Waals surface area contributed by atoms with E-state index < -0.39 is 0 Å². The highest BCUT2D eigenvalue weighted by atomic mass is 79.9. The van der Waals surface area contributed by atoms with Crippen molar-refractivity contribution >= 4 is 67.7 Å². The van der Waals surface area contributed by atoms with E-state index in [0.29, 0.717) is 34.2 Å². The van der Waals surface area contributed by atoms with Crippen LogP contribution in [0.25, 0.3) is 23.5 Å².